The molecule has 32 heavy (non-hydrogen) atoms. The predicted octanol–water partition coefficient (Wildman–Crippen LogP) is 3.48. The number of hydrogen-bond acceptors (Lipinski definition) is 4. The van der Waals surface area contributed by atoms with Gasteiger partial charge in [-0.3, -0.25) is 14.5 Å². The number of likely N-dealkylation sites (tertiary alicyclic amines) is 1. The van der Waals surface area contributed by atoms with Crippen LogP contribution in [0, 0.1) is 0 Å². The van der Waals surface area contributed by atoms with Gasteiger partial charge >= 0.3 is 0 Å². The molecule has 4 rings (SSSR count). The average molecular weight is 436 g/mol. The van der Waals surface area contributed by atoms with Crippen molar-refractivity contribution >= 4 is 11.8 Å². The Bertz CT molecular complexity index is 900. The van der Waals surface area contributed by atoms with Crippen LogP contribution in [-0.2, 0) is 16.1 Å². The van der Waals surface area contributed by atoms with Gasteiger partial charge in [-0.25, -0.2) is 0 Å². The number of benzene rings is 2. The van der Waals surface area contributed by atoms with Gasteiger partial charge in [-0.05, 0) is 42.5 Å². The van der Waals surface area contributed by atoms with Crippen molar-refractivity contribution in [3.05, 3.63) is 65.7 Å². The van der Waals surface area contributed by atoms with Gasteiger partial charge in [0.2, 0.25) is 11.8 Å². The minimum absolute atomic E-state index is 0.0535. The molecule has 2 aromatic rings. The molecule has 0 N–H and O–H groups in total. The van der Waals surface area contributed by atoms with Crippen molar-refractivity contribution in [2.75, 3.05) is 39.8 Å². The van der Waals surface area contributed by atoms with Crippen LogP contribution in [0.3, 0.4) is 0 Å². The Morgan fingerprint density at radius 1 is 0.906 bits per heavy atom. The van der Waals surface area contributed by atoms with Crippen LogP contribution in [0.1, 0.15) is 42.9 Å². The van der Waals surface area contributed by atoms with Crippen LogP contribution in [0.25, 0.3) is 0 Å². The summed E-state index contributed by atoms with van der Waals surface area (Å²) in [7, 11) is 1.68. The second-order valence-corrected chi connectivity index (χ2v) is 8.66. The number of rotatable bonds is 6. The Morgan fingerprint density at radius 2 is 1.69 bits per heavy atom. The zero-order chi connectivity index (χ0) is 22.3. The first-order valence-electron chi connectivity index (χ1n) is 11.6. The summed E-state index contributed by atoms with van der Waals surface area (Å²) in [6.45, 7) is 4.70. The van der Waals surface area contributed by atoms with Gasteiger partial charge in [-0.1, -0.05) is 42.5 Å². The minimum Gasteiger partial charge on any atom is -0.497 e. The Kier molecular flexibility index (Phi) is 7.43. The van der Waals surface area contributed by atoms with Gasteiger partial charge in [0.25, 0.3) is 0 Å². The van der Waals surface area contributed by atoms with Gasteiger partial charge in [-0.15, -0.1) is 0 Å². The fraction of sp³-hybridized carbons (Fsp3) is 0.462. The van der Waals surface area contributed by atoms with E-state index in [2.05, 4.69) is 17.0 Å². The summed E-state index contributed by atoms with van der Waals surface area (Å²) in [6, 6.07) is 17.4. The summed E-state index contributed by atoms with van der Waals surface area (Å²) >= 11 is 0. The summed E-state index contributed by atoms with van der Waals surface area (Å²) < 4.78 is 5.25. The predicted molar refractivity (Wildman–Crippen MR) is 124 cm³/mol. The maximum absolute atomic E-state index is 13.7. The van der Waals surface area contributed by atoms with Gasteiger partial charge in [0.05, 0.1) is 7.11 Å². The molecule has 0 bridgehead atoms. The van der Waals surface area contributed by atoms with E-state index in [-0.39, 0.29) is 11.8 Å². The molecule has 2 amide bonds. The van der Waals surface area contributed by atoms with Crippen LogP contribution in [0.4, 0.5) is 0 Å². The van der Waals surface area contributed by atoms with Crippen molar-refractivity contribution in [2.45, 2.75) is 38.3 Å². The lowest BCUT2D eigenvalue weighted by Crippen LogP contribution is -2.48. The molecule has 6 heteroatoms. The Balaban J connectivity index is 1.45. The second-order valence-electron chi connectivity index (χ2n) is 8.66. The highest BCUT2D eigenvalue weighted by molar-refractivity contribution is 5.89. The molecule has 2 fully saturated rings. The molecule has 2 aliphatic heterocycles. The van der Waals surface area contributed by atoms with E-state index < -0.39 is 6.04 Å². The molecule has 2 aliphatic rings. The van der Waals surface area contributed by atoms with Crippen LogP contribution in [0.2, 0.25) is 0 Å². The first-order chi connectivity index (χ1) is 15.7. The maximum Gasteiger partial charge on any atom is 0.250 e. The lowest BCUT2D eigenvalue weighted by molar-refractivity contribution is -0.147. The molecule has 2 heterocycles. The third-order valence-electron chi connectivity index (χ3n) is 6.49. The molecular formula is C26H33N3O3. The van der Waals surface area contributed by atoms with Gasteiger partial charge in [-0.2, -0.15) is 0 Å². The highest BCUT2D eigenvalue weighted by Crippen LogP contribution is 2.28. The molecule has 170 valence electrons. The van der Waals surface area contributed by atoms with Crippen LogP contribution >= 0.6 is 0 Å². The van der Waals surface area contributed by atoms with Crippen molar-refractivity contribution in [1.82, 2.24) is 14.7 Å². The molecule has 6 nitrogen and oxygen atoms in total. The average Bonchev–Trinajstić information content (AvgIpc) is 3.07. The maximum atomic E-state index is 13.7. The van der Waals surface area contributed by atoms with E-state index in [9.17, 15) is 9.59 Å². The Morgan fingerprint density at radius 3 is 2.41 bits per heavy atom. The summed E-state index contributed by atoms with van der Waals surface area (Å²) in [4.78, 5) is 32.6. The normalized spacial score (nSPS) is 18.8. The Labute approximate surface area is 190 Å². The molecule has 1 unspecified atom stereocenters. The van der Waals surface area contributed by atoms with Gasteiger partial charge in [0.1, 0.15) is 11.8 Å². The molecule has 0 radical (unpaired) electrons. The third-order valence-corrected chi connectivity index (χ3v) is 6.49. The summed E-state index contributed by atoms with van der Waals surface area (Å²) in [5.41, 5.74) is 2.15. The number of nitrogens with zero attached hydrogens (tertiary/aromatic N) is 3. The van der Waals surface area contributed by atoms with Crippen LogP contribution in [0.15, 0.2) is 54.6 Å². The number of hydrogen-bond donors (Lipinski definition) is 0. The smallest absolute Gasteiger partial charge is 0.250 e. The fourth-order valence-corrected chi connectivity index (χ4v) is 4.70. The van der Waals surface area contributed by atoms with Gasteiger partial charge < -0.3 is 14.5 Å². The molecule has 0 saturated carbocycles. The second kappa shape index (κ2) is 10.6. The number of ether oxygens (including phenoxy) is 1. The topological polar surface area (TPSA) is 53.1 Å². The lowest BCUT2D eigenvalue weighted by Gasteiger charge is -2.37. The van der Waals surface area contributed by atoms with Crippen molar-refractivity contribution < 1.29 is 14.3 Å². The molecule has 0 aromatic heterocycles. The quantitative estimate of drug-likeness (QED) is 0.697. The van der Waals surface area contributed by atoms with Crippen molar-refractivity contribution in [2.24, 2.45) is 0 Å². The molecule has 2 aromatic carbocycles. The van der Waals surface area contributed by atoms with E-state index in [1.54, 1.807) is 12.0 Å². The van der Waals surface area contributed by atoms with E-state index in [4.69, 9.17) is 4.74 Å². The lowest BCUT2D eigenvalue weighted by atomic mass is 10.00. The zero-order valence-electron chi connectivity index (χ0n) is 18.9. The van der Waals surface area contributed by atoms with E-state index in [0.29, 0.717) is 19.5 Å². The Hall–Kier alpha value is -2.86. The van der Waals surface area contributed by atoms with Crippen LogP contribution in [0.5, 0.6) is 5.75 Å². The van der Waals surface area contributed by atoms with E-state index >= 15 is 0 Å². The largest absolute Gasteiger partial charge is 0.497 e. The summed E-state index contributed by atoms with van der Waals surface area (Å²) in [6.07, 6.45) is 3.33. The summed E-state index contributed by atoms with van der Waals surface area (Å²) in [5.74, 6) is 1.01. The first-order valence-corrected chi connectivity index (χ1v) is 11.6. The highest BCUT2D eigenvalue weighted by atomic mass is 16.5. The standard InChI is InChI=1S/C26H33N3O3/c1-32-23-13-11-21(12-14-23)20-27-15-7-16-28(19-18-27)26(31)25(22-8-3-2-4-9-22)29-17-6-5-10-24(29)30/h2-4,8-9,11-14,25H,5-7,10,15-20H2,1H3. The van der Waals surface area contributed by atoms with Crippen LogP contribution in [-0.4, -0.2) is 66.3 Å². The molecular weight excluding hydrogens is 402 g/mol. The number of carbonyl (C=O) groups excluding carboxylic acids is 2. The molecule has 0 spiro atoms. The SMILES string of the molecule is COc1ccc(CN2CCCN(C(=O)C(c3ccccc3)N3CCCCC3=O)CC2)cc1. The van der Waals surface area contributed by atoms with Crippen LogP contribution < -0.4 is 4.74 Å². The van der Waals surface area contributed by atoms with E-state index in [1.807, 2.05) is 47.4 Å². The van der Waals surface area contributed by atoms with Crippen molar-refractivity contribution in [3.8, 4) is 5.75 Å². The fourth-order valence-electron chi connectivity index (χ4n) is 4.70. The number of carbonyl (C=O) groups is 2. The van der Waals surface area contributed by atoms with E-state index in [1.165, 1.54) is 5.56 Å². The highest BCUT2D eigenvalue weighted by Gasteiger charge is 2.35. The number of piperidine rings is 1. The number of methoxy groups -OCH3 is 1. The third kappa shape index (κ3) is 5.30. The summed E-state index contributed by atoms with van der Waals surface area (Å²) in [5, 5.41) is 0. The minimum atomic E-state index is -0.517. The monoisotopic (exact) mass is 435 g/mol. The van der Waals surface area contributed by atoms with Gasteiger partial charge in [0, 0.05) is 45.7 Å². The van der Waals surface area contributed by atoms with Crippen molar-refractivity contribution in [1.29, 1.82) is 0 Å². The molecule has 1 atom stereocenters. The zero-order valence-corrected chi connectivity index (χ0v) is 18.9. The first kappa shape index (κ1) is 22.3. The van der Waals surface area contributed by atoms with Crippen molar-refractivity contribution in [3.63, 3.8) is 0 Å². The number of amides is 2. The van der Waals surface area contributed by atoms with Gasteiger partial charge in [0.15, 0.2) is 0 Å². The molecule has 2 saturated heterocycles. The molecule has 0 aliphatic carbocycles. The van der Waals surface area contributed by atoms with E-state index in [0.717, 1.165) is 56.8 Å².